The maximum Gasteiger partial charge on any atom is 0.416 e. The van der Waals surface area contributed by atoms with Crippen LogP contribution in [0.1, 0.15) is 61.6 Å². The first-order chi connectivity index (χ1) is 12.5. The molecule has 4 rings (SSSR count). The predicted octanol–water partition coefficient (Wildman–Crippen LogP) is 4.27. The highest BCUT2D eigenvalue weighted by molar-refractivity contribution is 5.81. The van der Waals surface area contributed by atoms with Crippen LogP contribution in [0.15, 0.2) is 18.2 Å². The molecule has 3 fully saturated rings. The van der Waals surface area contributed by atoms with Gasteiger partial charge < -0.3 is 10.0 Å². The van der Waals surface area contributed by atoms with E-state index < -0.39 is 17.3 Å². The van der Waals surface area contributed by atoms with Gasteiger partial charge in [-0.25, -0.2) is 0 Å². The van der Waals surface area contributed by atoms with E-state index in [4.69, 9.17) is 0 Å². The molecule has 27 heavy (non-hydrogen) atoms. The first-order valence-electron chi connectivity index (χ1n) is 9.68. The van der Waals surface area contributed by atoms with Crippen molar-refractivity contribution in [2.75, 3.05) is 13.1 Å². The Morgan fingerprint density at radius 1 is 1.22 bits per heavy atom. The van der Waals surface area contributed by atoms with Crippen LogP contribution in [-0.2, 0) is 11.0 Å². The monoisotopic (exact) mass is 381 g/mol. The smallest absolute Gasteiger partial charge is 0.390 e. The quantitative estimate of drug-likeness (QED) is 0.831. The molecule has 1 unspecified atom stereocenters. The molecule has 1 N–H and O–H groups in total. The number of aliphatic hydroxyl groups is 1. The maximum atomic E-state index is 13.2. The highest BCUT2D eigenvalue weighted by atomic mass is 19.4. The lowest BCUT2D eigenvalue weighted by molar-refractivity contribution is -0.161. The maximum absolute atomic E-state index is 13.2. The summed E-state index contributed by atoms with van der Waals surface area (Å²) in [5.41, 5.74) is -0.0313. The fourth-order valence-corrected chi connectivity index (χ4v) is 5.52. The summed E-state index contributed by atoms with van der Waals surface area (Å²) in [6.07, 6.45) is -0.577. The van der Waals surface area contributed by atoms with Crippen LogP contribution in [0.4, 0.5) is 13.2 Å². The van der Waals surface area contributed by atoms with Gasteiger partial charge in [0.1, 0.15) is 0 Å². The Balaban J connectivity index is 1.40. The minimum absolute atomic E-state index is 0.0628. The van der Waals surface area contributed by atoms with Crippen molar-refractivity contribution in [3.8, 4) is 0 Å². The van der Waals surface area contributed by atoms with E-state index in [1.807, 2.05) is 11.0 Å². The van der Waals surface area contributed by atoms with Crippen LogP contribution in [0.5, 0.6) is 0 Å². The van der Waals surface area contributed by atoms with Gasteiger partial charge >= 0.3 is 6.18 Å². The number of hydrogen-bond acceptors (Lipinski definition) is 2. The molecular formula is C21H26F3NO2. The summed E-state index contributed by atoms with van der Waals surface area (Å²) in [5, 5.41) is 9.83. The number of benzene rings is 1. The number of carbonyl (C=O) groups is 1. The van der Waals surface area contributed by atoms with E-state index in [9.17, 15) is 23.1 Å². The topological polar surface area (TPSA) is 40.5 Å². The zero-order valence-corrected chi connectivity index (χ0v) is 15.8. The van der Waals surface area contributed by atoms with Crippen LogP contribution in [0.2, 0.25) is 0 Å². The summed E-state index contributed by atoms with van der Waals surface area (Å²) in [6.45, 7) is 4.74. The lowest BCUT2D eigenvalue weighted by Crippen LogP contribution is -2.61. The zero-order chi connectivity index (χ0) is 19.6. The normalized spacial score (nSPS) is 32.3. The molecule has 148 valence electrons. The number of rotatable bonds is 2. The Labute approximate surface area is 157 Å². The van der Waals surface area contributed by atoms with Crippen molar-refractivity contribution in [1.82, 2.24) is 4.90 Å². The number of likely N-dealkylation sites (tertiary alicyclic amines) is 1. The van der Waals surface area contributed by atoms with Gasteiger partial charge in [0.05, 0.1) is 11.2 Å². The third kappa shape index (κ3) is 3.26. The standard InChI is InChI=1S/C21H26F3NO2/c1-13-16(4-3-5-17(13)21(22,23)24)14-6-7-20(10-14)11-25(12-20)18(26)15-8-19(2,27)9-15/h3-5,14-15,27H,6-12H2,1-2H3. The largest absolute Gasteiger partial charge is 0.416 e. The molecule has 3 aliphatic rings. The van der Waals surface area contributed by atoms with Crippen LogP contribution < -0.4 is 0 Å². The molecule has 1 aliphatic heterocycles. The van der Waals surface area contributed by atoms with Crippen molar-refractivity contribution in [3.05, 3.63) is 34.9 Å². The van der Waals surface area contributed by atoms with E-state index >= 15 is 0 Å². The summed E-state index contributed by atoms with van der Waals surface area (Å²) in [6, 6.07) is 4.49. The molecule has 1 spiro atoms. The highest BCUT2D eigenvalue weighted by Crippen LogP contribution is 2.53. The third-order valence-electron chi connectivity index (χ3n) is 6.91. The second-order valence-corrected chi connectivity index (χ2v) is 9.25. The molecule has 0 bridgehead atoms. The Kier molecular flexibility index (Phi) is 4.15. The molecule has 1 heterocycles. The Hall–Kier alpha value is -1.56. The second kappa shape index (κ2) is 5.97. The van der Waals surface area contributed by atoms with E-state index in [1.54, 1.807) is 13.8 Å². The van der Waals surface area contributed by atoms with Gasteiger partial charge in [-0.15, -0.1) is 0 Å². The van der Waals surface area contributed by atoms with Gasteiger partial charge in [-0.05, 0) is 69.1 Å². The van der Waals surface area contributed by atoms with E-state index in [2.05, 4.69) is 0 Å². The van der Waals surface area contributed by atoms with Crippen LogP contribution in [-0.4, -0.2) is 34.6 Å². The lowest BCUT2D eigenvalue weighted by Gasteiger charge is -2.52. The molecule has 0 radical (unpaired) electrons. The molecule has 2 saturated carbocycles. The average Bonchev–Trinajstić information content (AvgIpc) is 2.95. The van der Waals surface area contributed by atoms with Gasteiger partial charge in [0.25, 0.3) is 0 Å². The molecule has 1 aromatic rings. The molecule has 1 aromatic carbocycles. The molecule has 1 saturated heterocycles. The fraction of sp³-hybridized carbons (Fsp3) is 0.667. The van der Waals surface area contributed by atoms with E-state index in [0.717, 1.165) is 30.9 Å². The number of hydrogen-bond donors (Lipinski definition) is 1. The summed E-state index contributed by atoms with van der Waals surface area (Å²) < 4.78 is 39.6. The van der Waals surface area contributed by atoms with Gasteiger partial charge in [-0.2, -0.15) is 13.2 Å². The number of carbonyl (C=O) groups excluding carboxylic acids is 1. The molecule has 1 amide bonds. The Morgan fingerprint density at radius 3 is 2.48 bits per heavy atom. The van der Waals surface area contributed by atoms with E-state index in [0.29, 0.717) is 31.5 Å². The van der Waals surface area contributed by atoms with Crippen molar-refractivity contribution in [2.45, 2.75) is 63.6 Å². The first kappa shape index (κ1) is 18.8. The number of nitrogens with zero attached hydrogens (tertiary/aromatic N) is 1. The molecule has 3 nitrogen and oxygen atoms in total. The van der Waals surface area contributed by atoms with Crippen molar-refractivity contribution >= 4 is 5.91 Å². The summed E-state index contributed by atoms with van der Waals surface area (Å²) in [7, 11) is 0. The van der Waals surface area contributed by atoms with Crippen molar-refractivity contribution in [3.63, 3.8) is 0 Å². The van der Waals surface area contributed by atoms with Gasteiger partial charge in [0.2, 0.25) is 5.91 Å². The minimum atomic E-state index is -4.32. The average molecular weight is 381 g/mol. The summed E-state index contributed by atoms with van der Waals surface area (Å²) in [5.74, 6) is 0.195. The lowest BCUT2D eigenvalue weighted by atomic mass is 9.69. The van der Waals surface area contributed by atoms with E-state index in [-0.39, 0.29) is 23.2 Å². The van der Waals surface area contributed by atoms with Gasteiger partial charge in [-0.1, -0.05) is 12.1 Å². The molecule has 2 aliphatic carbocycles. The third-order valence-corrected chi connectivity index (χ3v) is 6.91. The number of alkyl halides is 3. The van der Waals surface area contributed by atoms with Crippen molar-refractivity contribution in [1.29, 1.82) is 0 Å². The predicted molar refractivity (Wildman–Crippen MR) is 95.1 cm³/mol. The van der Waals surface area contributed by atoms with Gasteiger partial charge in [0.15, 0.2) is 0 Å². The second-order valence-electron chi connectivity index (χ2n) is 9.25. The number of halogens is 3. The SMILES string of the molecule is Cc1c(C2CCC3(C2)CN(C(=O)C2CC(C)(O)C2)C3)cccc1C(F)(F)F. The van der Waals surface area contributed by atoms with E-state index in [1.165, 1.54) is 6.07 Å². The van der Waals surface area contributed by atoms with Gasteiger partial charge in [-0.3, -0.25) is 4.79 Å². The summed E-state index contributed by atoms with van der Waals surface area (Å²) >= 11 is 0. The molecule has 0 aromatic heterocycles. The minimum Gasteiger partial charge on any atom is -0.390 e. The highest BCUT2D eigenvalue weighted by Gasteiger charge is 2.53. The summed E-state index contributed by atoms with van der Waals surface area (Å²) in [4.78, 5) is 14.4. The zero-order valence-electron chi connectivity index (χ0n) is 15.8. The van der Waals surface area contributed by atoms with Crippen LogP contribution in [0, 0.1) is 18.3 Å². The Morgan fingerprint density at radius 2 is 1.89 bits per heavy atom. The molecule has 1 atom stereocenters. The first-order valence-corrected chi connectivity index (χ1v) is 9.68. The molecular weight excluding hydrogens is 355 g/mol. The van der Waals surface area contributed by atoms with Crippen molar-refractivity contribution in [2.24, 2.45) is 11.3 Å². The van der Waals surface area contributed by atoms with Gasteiger partial charge in [0, 0.05) is 24.4 Å². The Bertz CT molecular complexity index is 757. The van der Waals surface area contributed by atoms with Crippen LogP contribution in [0.3, 0.4) is 0 Å². The molecule has 6 heteroatoms. The van der Waals surface area contributed by atoms with Crippen molar-refractivity contribution < 1.29 is 23.1 Å². The van der Waals surface area contributed by atoms with Crippen LogP contribution >= 0.6 is 0 Å². The number of amides is 1. The van der Waals surface area contributed by atoms with Crippen LogP contribution in [0.25, 0.3) is 0 Å². The fourth-order valence-electron chi connectivity index (χ4n) is 5.52.